The molecule has 1 aromatic heterocycles. The molecule has 0 spiro atoms. The zero-order valence-corrected chi connectivity index (χ0v) is 23.8. The molecule has 0 saturated heterocycles. The van der Waals surface area contributed by atoms with Crippen molar-refractivity contribution in [3.8, 4) is 22.9 Å². The summed E-state index contributed by atoms with van der Waals surface area (Å²) >= 11 is 14.1. The van der Waals surface area contributed by atoms with E-state index < -0.39 is 5.25 Å². The molecule has 4 aromatic rings. The molecule has 4 rings (SSSR count). The predicted molar refractivity (Wildman–Crippen MR) is 152 cm³/mol. The highest BCUT2D eigenvalue weighted by Gasteiger charge is 2.26. The van der Waals surface area contributed by atoms with E-state index in [0.717, 1.165) is 17.0 Å². The summed E-state index contributed by atoms with van der Waals surface area (Å²) in [5.41, 5.74) is 2.18. The van der Waals surface area contributed by atoms with E-state index in [0.29, 0.717) is 39.7 Å². The lowest BCUT2D eigenvalue weighted by Gasteiger charge is -2.18. The fourth-order valence-electron chi connectivity index (χ4n) is 3.88. The Labute approximate surface area is 240 Å². The average molecular weight is 590 g/mol. The summed E-state index contributed by atoms with van der Waals surface area (Å²) < 4.78 is 18.9. The lowest BCUT2D eigenvalue weighted by molar-refractivity contribution is -0.479. The summed E-state index contributed by atoms with van der Waals surface area (Å²) in [5.74, 6) is 2.05. The number of thioether (sulfide) groups is 1. The van der Waals surface area contributed by atoms with Crippen molar-refractivity contribution in [3.05, 3.63) is 97.8 Å². The molecular weight excluding hydrogens is 563 g/mol. The van der Waals surface area contributed by atoms with Crippen molar-refractivity contribution in [1.29, 1.82) is 0 Å². The van der Waals surface area contributed by atoms with E-state index in [4.69, 9.17) is 37.4 Å². The number of nitro groups is 1. The first-order valence-corrected chi connectivity index (χ1v) is 13.6. The van der Waals surface area contributed by atoms with Crippen LogP contribution in [-0.4, -0.2) is 39.9 Å². The number of benzene rings is 3. The van der Waals surface area contributed by atoms with E-state index >= 15 is 0 Å². The van der Waals surface area contributed by atoms with Gasteiger partial charge in [0.1, 0.15) is 23.4 Å². The van der Waals surface area contributed by atoms with Gasteiger partial charge in [0.05, 0.1) is 18.7 Å². The fourth-order valence-corrected chi connectivity index (χ4v) is 5.50. The van der Waals surface area contributed by atoms with Gasteiger partial charge in [-0.1, -0.05) is 53.2 Å². The van der Waals surface area contributed by atoms with Gasteiger partial charge >= 0.3 is 0 Å². The van der Waals surface area contributed by atoms with Gasteiger partial charge in [-0.3, -0.25) is 14.7 Å². The monoisotopic (exact) mass is 588 g/mol. The number of halogens is 2. The van der Waals surface area contributed by atoms with Gasteiger partial charge in [-0.15, -0.1) is 10.2 Å². The Morgan fingerprint density at radius 3 is 2.46 bits per heavy atom. The quantitative estimate of drug-likeness (QED) is 0.0991. The largest absolute Gasteiger partial charge is 0.494 e. The summed E-state index contributed by atoms with van der Waals surface area (Å²) in [4.78, 5) is 11.3. The highest BCUT2D eigenvalue weighted by Crippen LogP contribution is 2.43. The second-order valence-electron chi connectivity index (χ2n) is 8.33. The lowest BCUT2D eigenvalue weighted by atomic mass is 10.1. The third-order valence-electron chi connectivity index (χ3n) is 5.72. The van der Waals surface area contributed by atoms with Crippen molar-refractivity contribution >= 4 is 35.0 Å². The minimum atomic E-state index is -0.644. The third-order valence-corrected chi connectivity index (χ3v) is 7.55. The number of hydrogen-bond donors (Lipinski definition) is 0. The molecule has 0 radical (unpaired) electrons. The number of methoxy groups -OCH3 is 1. The average Bonchev–Trinajstić information content (AvgIpc) is 3.28. The van der Waals surface area contributed by atoms with Crippen LogP contribution in [0.2, 0.25) is 10.0 Å². The first-order chi connectivity index (χ1) is 18.8. The Kier molecular flexibility index (Phi) is 9.55. The van der Waals surface area contributed by atoms with Crippen LogP contribution in [0.5, 0.6) is 17.2 Å². The molecule has 0 aliphatic heterocycles. The number of ether oxygens (including phenoxy) is 3. The fraction of sp³-hybridized carbons (Fsp3) is 0.259. The van der Waals surface area contributed by atoms with Crippen LogP contribution in [-0.2, 0) is 6.61 Å². The number of aryl methyl sites for hydroxylation is 1. The van der Waals surface area contributed by atoms with Crippen molar-refractivity contribution in [3.63, 3.8) is 0 Å². The van der Waals surface area contributed by atoms with Crippen LogP contribution in [0.15, 0.2) is 65.8 Å². The van der Waals surface area contributed by atoms with Crippen molar-refractivity contribution in [2.45, 2.75) is 30.9 Å². The molecule has 0 bridgehead atoms. The zero-order chi connectivity index (χ0) is 27.9. The molecule has 9 nitrogen and oxygen atoms in total. The maximum Gasteiger partial charge on any atom is 0.220 e. The Balaban J connectivity index is 1.64. The Hall–Kier alpha value is -3.47. The third kappa shape index (κ3) is 6.95. The van der Waals surface area contributed by atoms with Crippen molar-refractivity contribution in [1.82, 2.24) is 14.8 Å². The highest BCUT2D eigenvalue weighted by atomic mass is 35.5. The number of hydrogen-bond acceptors (Lipinski definition) is 8. The molecule has 1 heterocycles. The van der Waals surface area contributed by atoms with Gasteiger partial charge in [0.15, 0.2) is 16.7 Å². The van der Waals surface area contributed by atoms with Crippen LogP contribution in [0, 0.1) is 17.0 Å². The molecule has 0 saturated carbocycles. The maximum absolute atomic E-state index is 11.7. The first kappa shape index (κ1) is 28.5. The summed E-state index contributed by atoms with van der Waals surface area (Å²) in [6.45, 7) is 4.10. The normalized spacial score (nSPS) is 11.7. The predicted octanol–water partition coefficient (Wildman–Crippen LogP) is 6.98. The highest BCUT2D eigenvalue weighted by molar-refractivity contribution is 7.99. The van der Waals surface area contributed by atoms with E-state index in [1.165, 1.54) is 18.9 Å². The summed E-state index contributed by atoms with van der Waals surface area (Å²) in [6, 6.07) is 18.1. The van der Waals surface area contributed by atoms with E-state index in [2.05, 4.69) is 10.2 Å². The van der Waals surface area contributed by atoms with Crippen LogP contribution >= 0.6 is 35.0 Å². The molecule has 0 aliphatic carbocycles. The molecule has 0 aliphatic rings. The second kappa shape index (κ2) is 13.1. The summed E-state index contributed by atoms with van der Waals surface area (Å²) in [5, 5.41) is 20.9. The minimum Gasteiger partial charge on any atom is -0.494 e. The summed E-state index contributed by atoms with van der Waals surface area (Å²) in [6.07, 6.45) is 0. The molecule has 3 aromatic carbocycles. The van der Waals surface area contributed by atoms with Crippen LogP contribution in [0.3, 0.4) is 0 Å². The number of rotatable bonds is 12. The van der Waals surface area contributed by atoms with Gasteiger partial charge in [0, 0.05) is 21.2 Å². The van der Waals surface area contributed by atoms with Crippen molar-refractivity contribution in [2.24, 2.45) is 0 Å². The Morgan fingerprint density at radius 2 is 1.79 bits per heavy atom. The van der Waals surface area contributed by atoms with E-state index in [1.54, 1.807) is 18.2 Å². The van der Waals surface area contributed by atoms with Crippen LogP contribution < -0.4 is 14.2 Å². The molecule has 39 heavy (non-hydrogen) atoms. The van der Waals surface area contributed by atoms with E-state index in [-0.39, 0.29) is 23.1 Å². The minimum absolute atomic E-state index is 0.173. The maximum atomic E-state index is 11.7. The van der Waals surface area contributed by atoms with Crippen LogP contribution in [0.25, 0.3) is 5.69 Å². The van der Waals surface area contributed by atoms with E-state index in [9.17, 15) is 10.1 Å². The molecule has 1 atom stereocenters. The van der Waals surface area contributed by atoms with E-state index in [1.807, 2.05) is 60.9 Å². The molecule has 0 unspecified atom stereocenters. The van der Waals surface area contributed by atoms with Crippen molar-refractivity contribution in [2.75, 3.05) is 20.3 Å². The SMILES string of the molecule is CCOc1ccc(-n2c(C)nnc2S[C@H](C[N+](=O)[O-])c2cc(Cl)c(OCc3ccccc3Cl)c(OC)c2)cc1. The number of aromatic nitrogens is 3. The van der Waals surface area contributed by atoms with Gasteiger partial charge in [-0.05, 0) is 61.9 Å². The van der Waals surface area contributed by atoms with Gasteiger partial charge in [0.2, 0.25) is 6.54 Å². The van der Waals surface area contributed by atoms with Crippen LogP contribution in [0.1, 0.15) is 29.1 Å². The lowest BCUT2D eigenvalue weighted by Crippen LogP contribution is -2.12. The second-order valence-corrected chi connectivity index (χ2v) is 10.3. The standard InChI is InChI=1S/C27H26Cl2N4O5S/c1-4-37-21-11-9-20(10-12-21)33-17(2)30-31-27(33)39-25(15-32(34)35)19-13-23(29)26(24(14-19)36-3)38-16-18-7-5-6-8-22(18)28/h5-14,25H,4,15-16H2,1-3H3/t25-/m1/s1. The molecule has 0 fully saturated rings. The molecule has 12 heteroatoms. The first-order valence-electron chi connectivity index (χ1n) is 12.0. The van der Waals surface area contributed by atoms with Gasteiger partial charge in [-0.25, -0.2) is 0 Å². The summed E-state index contributed by atoms with van der Waals surface area (Å²) in [7, 11) is 1.49. The van der Waals surface area contributed by atoms with Crippen molar-refractivity contribution < 1.29 is 19.1 Å². The van der Waals surface area contributed by atoms with Gasteiger partial charge in [-0.2, -0.15) is 0 Å². The Bertz CT molecular complexity index is 1450. The van der Waals surface area contributed by atoms with Gasteiger partial charge < -0.3 is 14.2 Å². The molecular formula is C27H26Cl2N4O5S. The zero-order valence-electron chi connectivity index (χ0n) is 21.5. The smallest absolute Gasteiger partial charge is 0.220 e. The Morgan fingerprint density at radius 1 is 1.05 bits per heavy atom. The van der Waals surface area contributed by atoms with Crippen LogP contribution in [0.4, 0.5) is 0 Å². The topological polar surface area (TPSA) is 102 Å². The molecule has 0 N–H and O–H groups in total. The van der Waals surface area contributed by atoms with Gasteiger partial charge in [0.25, 0.3) is 0 Å². The molecule has 204 valence electrons. The number of nitrogens with zero attached hydrogens (tertiary/aromatic N) is 4. The molecule has 0 amide bonds.